The molecule has 0 saturated carbocycles. The third-order valence-corrected chi connectivity index (χ3v) is 11.6. The molecule has 0 N–H and O–H groups in total. The van der Waals surface area contributed by atoms with Gasteiger partial charge in [0, 0.05) is 17.4 Å². The average molecular weight is 719 g/mol. The van der Waals surface area contributed by atoms with Gasteiger partial charge in [-0.2, -0.15) is 4.36 Å². The second-order valence-electron chi connectivity index (χ2n) is 13.5. The monoisotopic (exact) mass is 718 g/mol. The van der Waals surface area contributed by atoms with Crippen molar-refractivity contribution in [2.75, 3.05) is 31.3 Å². The minimum absolute atomic E-state index is 0.0372. The molecule has 1 aliphatic heterocycles. The lowest BCUT2D eigenvalue weighted by molar-refractivity contribution is -0.386. The minimum atomic E-state index is -3.48. The van der Waals surface area contributed by atoms with Gasteiger partial charge in [0.15, 0.2) is 12.0 Å². The summed E-state index contributed by atoms with van der Waals surface area (Å²) in [5.74, 6) is -2.65. The molecular formula is C39H46N2O9S. The van der Waals surface area contributed by atoms with Crippen molar-refractivity contribution in [2.45, 2.75) is 70.7 Å². The number of amides is 1. The predicted molar refractivity (Wildman–Crippen MR) is 194 cm³/mol. The van der Waals surface area contributed by atoms with Crippen LogP contribution in [0, 0.1) is 23.0 Å². The number of hydrogen-bond acceptors (Lipinski definition) is 9. The van der Waals surface area contributed by atoms with Crippen LogP contribution < -0.4 is 4.74 Å². The Balaban J connectivity index is 1.41. The van der Waals surface area contributed by atoms with Gasteiger partial charge in [0.05, 0.1) is 33.3 Å². The number of ether oxygens (including phenoxy) is 4. The fourth-order valence-corrected chi connectivity index (χ4v) is 9.00. The van der Waals surface area contributed by atoms with E-state index in [0.29, 0.717) is 26.1 Å². The number of benzene rings is 3. The van der Waals surface area contributed by atoms with Gasteiger partial charge in [-0.1, -0.05) is 67.1 Å². The van der Waals surface area contributed by atoms with Crippen LogP contribution in [-0.4, -0.2) is 58.6 Å². The summed E-state index contributed by atoms with van der Waals surface area (Å²) in [4.78, 5) is 38.2. The van der Waals surface area contributed by atoms with E-state index in [-0.39, 0.29) is 29.6 Å². The number of allylic oxidation sites excluding steroid dienone is 1. The molecular weight excluding hydrogens is 673 g/mol. The zero-order chi connectivity index (χ0) is 36.6. The summed E-state index contributed by atoms with van der Waals surface area (Å²) in [6.45, 7) is 10.4. The van der Waals surface area contributed by atoms with Crippen molar-refractivity contribution < 1.29 is 37.7 Å². The van der Waals surface area contributed by atoms with Crippen molar-refractivity contribution in [3.8, 4) is 5.75 Å². The lowest BCUT2D eigenvalue weighted by Crippen LogP contribution is -2.51. The van der Waals surface area contributed by atoms with E-state index in [9.17, 15) is 23.9 Å². The maximum Gasteiger partial charge on any atom is 0.320 e. The molecule has 51 heavy (non-hydrogen) atoms. The maximum absolute atomic E-state index is 14.1. The van der Waals surface area contributed by atoms with Crippen molar-refractivity contribution in [3.05, 3.63) is 117 Å². The van der Waals surface area contributed by atoms with Crippen molar-refractivity contribution in [2.24, 2.45) is 10.3 Å². The number of hydrogen-bond donors (Lipinski definition) is 0. The number of carbonyl (C=O) groups is 2. The Labute approximate surface area is 299 Å². The second-order valence-corrected chi connectivity index (χ2v) is 15.8. The van der Waals surface area contributed by atoms with E-state index < -0.39 is 55.8 Å². The Morgan fingerprint density at radius 3 is 2.55 bits per heavy atom. The van der Waals surface area contributed by atoms with Gasteiger partial charge in [-0.3, -0.25) is 19.7 Å². The van der Waals surface area contributed by atoms with Crippen LogP contribution in [-0.2, 0) is 40.6 Å². The predicted octanol–water partition coefficient (Wildman–Crippen LogP) is 7.44. The number of esters is 1. The van der Waals surface area contributed by atoms with E-state index in [1.807, 2.05) is 50.2 Å². The molecule has 3 aromatic rings. The zero-order valence-electron chi connectivity index (χ0n) is 29.4. The highest BCUT2D eigenvalue weighted by atomic mass is 32.2. The molecule has 4 atom stereocenters. The van der Waals surface area contributed by atoms with E-state index in [4.69, 9.17) is 18.9 Å². The number of carbonyl (C=O) groups excluding carboxylic acids is 2. The van der Waals surface area contributed by atoms with Crippen molar-refractivity contribution >= 4 is 27.3 Å². The van der Waals surface area contributed by atoms with Gasteiger partial charge in [-0.05, 0) is 80.7 Å². The number of nitrogens with zero attached hydrogens (tertiary/aromatic N) is 2. The molecule has 11 nitrogen and oxygen atoms in total. The normalized spacial score (nSPS) is 19.8. The molecule has 3 aromatic carbocycles. The van der Waals surface area contributed by atoms with E-state index in [1.165, 1.54) is 17.7 Å². The fourth-order valence-electron chi connectivity index (χ4n) is 6.87. The molecule has 2 aliphatic rings. The minimum Gasteiger partial charge on any atom is -0.486 e. The number of nitro benzene ring substituents is 1. The summed E-state index contributed by atoms with van der Waals surface area (Å²) >= 11 is 0. The van der Waals surface area contributed by atoms with Gasteiger partial charge >= 0.3 is 11.7 Å². The largest absolute Gasteiger partial charge is 0.486 e. The second kappa shape index (κ2) is 16.8. The summed E-state index contributed by atoms with van der Waals surface area (Å²) in [7, 11) is -3.48. The maximum atomic E-state index is 14.1. The summed E-state index contributed by atoms with van der Waals surface area (Å²) < 4.78 is 42.2. The van der Waals surface area contributed by atoms with E-state index in [0.717, 1.165) is 42.0 Å². The summed E-state index contributed by atoms with van der Waals surface area (Å²) in [6.07, 6.45) is 4.17. The van der Waals surface area contributed by atoms with Crippen LogP contribution in [0.4, 0.5) is 5.69 Å². The summed E-state index contributed by atoms with van der Waals surface area (Å²) in [5.41, 5.74) is 2.79. The van der Waals surface area contributed by atoms with Gasteiger partial charge in [-0.15, -0.1) is 6.58 Å². The Morgan fingerprint density at radius 2 is 1.84 bits per heavy atom. The Morgan fingerprint density at radius 1 is 1.10 bits per heavy atom. The Kier molecular flexibility index (Phi) is 12.4. The molecule has 5 rings (SSSR count). The van der Waals surface area contributed by atoms with Crippen LogP contribution in [0.15, 0.2) is 83.7 Å². The summed E-state index contributed by atoms with van der Waals surface area (Å²) in [6, 6.07) is 19.1. The molecule has 1 heterocycles. The van der Waals surface area contributed by atoms with Gasteiger partial charge in [0.25, 0.3) is 5.91 Å². The lowest BCUT2D eigenvalue weighted by Gasteiger charge is -2.45. The Hall–Kier alpha value is -4.39. The summed E-state index contributed by atoms with van der Waals surface area (Å²) in [5, 5.41) is 12.3. The lowest BCUT2D eigenvalue weighted by atomic mass is 9.69. The van der Waals surface area contributed by atoms with E-state index in [1.54, 1.807) is 13.0 Å². The van der Waals surface area contributed by atoms with Crippen LogP contribution in [0.2, 0.25) is 0 Å². The van der Waals surface area contributed by atoms with E-state index >= 15 is 0 Å². The van der Waals surface area contributed by atoms with E-state index in [2.05, 4.69) is 23.1 Å². The van der Waals surface area contributed by atoms with Crippen LogP contribution in [0.1, 0.15) is 78.2 Å². The smallest absolute Gasteiger partial charge is 0.320 e. The highest BCUT2D eigenvalue weighted by Crippen LogP contribution is 2.44. The highest BCUT2D eigenvalue weighted by molar-refractivity contribution is 7.94. The van der Waals surface area contributed by atoms with Gasteiger partial charge in [0.2, 0.25) is 0 Å². The van der Waals surface area contributed by atoms with Crippen LogP contribution >= 0.6 is 0 Å². The molecule has 272 valence electrons. The number of fused-ring (bicyclic) bond motifs is 1. The molecule has 1 saturated heterocycles. The molecule has 12 heteroatoms. The molecule has 1 fully saturated rings. The average Bonchev–Trinajstić information content (AvgIpc) is 3.10. The quantitative estimate of drug-likeness (QED) is 0.0719. The SMILES string of the molecule is C=CC[C@H](C)C[S@@](=O)(CC(=O)O[C@@H](C)c1ccccc1)=NC(=O)c1ccc(OC[C@@]2(C3OCCCO3)CCCc3cc(C)ccc32)c([N+](=O)[O-])c1. The van der Waals surface area contributed by atoms with Gasteiger partial charge in [-0.25, -0.2) is 4.21 Å². The zero-order valence-corrected chi connectivity index (χ0v) is 30.2. The number of aryl methyl sites for hydroxylation is 2. The van der Waals surface area contributed by atoms with Crippen molar-refractivity contribution in [1.29, 1.82) is 0 Å². The third kappa shape index (κ3) is 9.29. The van der Waals surface area contributed by atoms with Crippen LogP contribution in [0.3, 0.4) is 0 Å². The molecule has 1 aliphatic carbocycles. The molecule has 1 amide bonds. The van der Waals surface area contributed by atoms with Crippen molar-refractivity contribution in [3.63, 3.8) is 0 Å². The van der Waals surface area contributed by atoms with Crippen molar-refractivity contribution in [1.82, 2.24) is 0 Å². The topological polar surface area (TPSA) is 144 Å². The molecule has 0 radical (unpaired) electrons. The molecule has 0 bridgehead atoms. The van der Waals surface area contributed by atoms with Gasteiger partial charge in [0.1, 0.15) is 18.5 Å². The standard InChI is InChI=1S/C39H46N2O9S/c1-5-11-28(3)24-51(46,25-36(42)50-29(4)30-12-7-6-8-13-30)40-37(43)32-16-18-35(34(23-32)41(44)45)49-26-39(38-47-20-10-21-48-38)19-9-14-31-22-27(2)15-17-33(31)39/h5-8,12-13,15-18,22-23,28-29,38H,1,9-11,14,19-21,24-26H2,2-4H3/t28-,29-,39-,51+/m0/s1. The first-order chi connectivity index (χ1) is 24.4. The van der Waals surface area contributed by atoms with Gasteiger partial charge < -0.3 is 18.9 Å². The fraction of sp³-hybridized carbons (Fsp3) is 0.436. The molecule has 0 unspecified atom stereocenters. The van der Waals surface area contributed by atoms with Crippen LogP contribution in [0.5, 0.6) is 5.75 Å². The first-order valence-corrected chi connectivity index (χ1v) is 19.1. The number of nitro groups is 1. The number of rotatable bonds is 14. The first-order valence-electron chi connectivity index (χ1n) is 17.3. The third-order valence-electron chi connectivity index (χ3n) is 9.32. The molecule has 0 aromatic heterocycles. The Bertz CT molecular complexity index is 1870. The molecule has 0 spiro atoms. The highest BCUT2D eigenvalue weighted by Gasteiger charge is 2.47. The first kappa shape index (κ1) is 37.9. The van der Waals surface area contributed by atoms with Crippen LogP contribution in [0.25, 0.3) is 0 Å².